The minimum atomic E-state index is 0.0605. The number of halogens is 2. The Bertz CT molecular complexity index is 355. The predicted molar refractivity (Wildman–Crippen MR) is 57.8 cm³/mol. The lowest BCUT2D eigenvalue weighted by Gasteiger charge is -2.06. The summed E-state index contributed by atoms with van der Waals surface area (Å²) in [4.78, 5) is 0. The van der Waals surface area contributed by atoms with Crippen LogP contribution < -0.4 is 4.74 Å². The third-order valence-electron chi connectivity index (χ3n) is 1.31. The molecule has 0 bridgehead atoms. The van der Waals surface area contributed by atoms with Crippen LogP contribution in [0.2, 0.25) is 0 Å². The van der Waals surface area contributed by atoms with E-state index in [4.69, 9.17) is 11.2 Å². The molecule has 4 heteroatoms. The number of hydrogen-bond acceptors (Lipinski definition) is 2. The fraction of sp³-hybridized carbons (Fsp3) is 0.111. The second-order valence-corrected chi connectivity index (χ2v) is 3.94. The molecule has 0 saturated carbocycles. The Morgan fingerprint density at radius 2 is 2.00 bits per heavy atom. The molecule has 0 aromatic heterocycles. The third-order valence-corrected chi connectivity index (χ3v) is 3.16. The highest BCUT2D eigenvalue weighted by atomic mass is 79.9. The summed E-state index contributed by atoms with van der Waals surface area (Å²) in [6.45, 7) is 0.141. The monoisotopic (exact) mass is 304 g/mol. The van der Waals surface area contributed by atoms with E-state index in [1.807, 2.05) is 0 Å². The SMILES string of the molecule is C#CCOc1cc(Br)c(Br)cc1O. The molecule has 0 aliphatic carbocycles. The Morgan fingerprint density at radius 1 is 1.38 bits per heavy atom. The van der Waals surface area contributed by atoms with Crippen molar-refractivity contribution in [1.29, 1.82) is 0 Å². The zero-order chi connectivity index (χ0) is 9.84. The fourth-order valence-corrected chi connectivity index (χ4v) is 1.41. The molecule has 0 saturated heterocycles. The molecule has 0 amide bonds. The van der Waals surface area contributed by atoms with Gasteiger partial charge in [0.25, 0.3) is 0 Å². The van der Waals surface area contributed by atoms with E-state index in [9.17, 15) is 5.11 Å². The van der Waals surface area contributed by atoms with Crippen LogP contribution in [0.1, 0.15) is 0 Å². The summed E-state index contributed by atoms with van der Waals surface area (Å²) in [6.07, 6.45) is 5.02. The molecule has 0 aliphatic rings. The van der Waals surface area contributed by atoms with E-state index in [0.29, 0.717) is 5.75 Å². The van der Waals surface area contributed by atoms with Gasteiger partial charge >= 0.3 is 0 Å². The van der Waals surface area contributed by atoms with Crippen molar-refractivity contribution in [3.63, 3.8) is 0 Å². The zero-order valence-electron chi connectivity index (χ0n) is 6.55. The molecule has 1 rings (SSSR count). The molecule has 0 unspecified atom stereocenters. The van der Waals surface area contributed by atoms with E-state index in [1.54, 1.807) is 6.07 Å². The van der Waals surface area contributed by atoms with Crippen molar-refractivity contribution >= 4 is 31.9 Å². The lowest BCUT2D eigenvalue weighted by molar-refractivity contribution is 0.341. The minimum Gasteiger partial charge on any atom is -0.504 e. The normalized spacial score (nSPS) is 9.31. The molecule has 2 nitrogen and oxygen atoms in total. The molecule has 68 valence electrons. The maximum atomic E-state index is 9.40. The average molecular weight is 306 g/mol. The van der Waals surface area contributed by atoms with Crippen molar-refractivity contribution in [3.8, 4) is 23.8 Å². The quantitative estimate of drug-likeness (QED) is 0.851. The van der Waals surface area contributed by atoms with Gasteiger partial charge in [0, 0.05) is 8.95 Å². The molecule has 1 aromatic carbocycles. The molecular weight excluding hydrogens is 300 g/mol. The van der Waals surface area contributed by atoms with E-state index < -0.39 is 0 Å². The molecule has 1 N–H and O–H groups in total. The van der Waals surface area contributed by atoms with Crippen LogP contribution in [0, 0.1) is 12.3 Å². The van der Waals surface area contributed by atoms with E-state index in [-0.39, 0.29) is 12.4 Å². The maximum absolute atomic E-state index is 9.40. The highest BCUT2D eigenvalue weighted by Gasteiger charge is 2.06. The number of phenolic OH excluding ortho intramolecular Hbond substituents is 1. The van der Waals surface area contributed by atoms with Gasteiger partial charge < -0.3 is 9.84 Å². The van der Waals surface area contributed by atoms with E-state index in [1.165, 1.54) is 6.07 Å². The first-order chi connectivity index (χ1) is 6.15. The second-order valence-electron chi connectivity index (χ2n) is 2.23. The van der Waals surface area contributed by atoms with Crippen LogP contribution >= 0.6 is 31.9 Å². The summed E-state index contributed by atoms with van der Waals surface area (Å²) in [7, 11) is 0. The van der Waals surface area contributed by atoms with Gasteiger partial charge in [-0.1, -0.05) is 5.92 Å². The van der Waals surface area contributed by atoms with E-state index >= 15 is 0 Å². The van der Waals surface area contributed by atoms with Crippen LogP contribution in [0.15, 0.2) is 21.1 Å². The van der Waals surface area contributed by atoms with Crippen LogP contribution in [0.5, 0.6) is 11.5 Å². The summed E-state index contributed by atoms with van der Waals surface area (Å²) < 4.78 is 6.65. The van der Waals surface area contributed by atoms with Crippen molar-refractivity contribution in [3.05, 3.63) is 21.1 Å². The van der Waals surface area contributed by atoms with Gasteiger partial charge in [-0.05, 0) is 44.0 Å². The standard InChI is InChI=1S/C9H6Br2O2/c1-2-3-13-9-5-7(11)6(10)4-8(9)12/h1,4-5,12H,3H2. The highest BCUT2D eigenvalue weighted by molar-refractivity contribution is 9.13. The van der Waals surface area contributed by atoms with E-state index in [0.717, 1.165) is 8.95 Å². The second kappa shape index (κ2) is 4.54. The lowest BCUT2D eigenvalue weighted by Crippen LogP contribution is -1.93. The van der Waals surface area contributed by atoms with Crippen LogP contribution in [-0.2, 0) is 0 Å². The van der Waals surface area contributed by atoms with Gasteiger partial charge in [0.2, 0.25) is 0 Å². The Kier molecular flexibility index (Phi) is 3.64. The molecule has 13 heavy (non-hydrogen) atoms. The van der Waals surface area contributed by atoms with Gasteiger partial charge in [-0.25, -0.2) is 0 Å². The molecule has 0 spiro atoms. The van der Waals surface area contributed by atoms with Crippen molar-refractivity contribution in [2.45, 2.75) is 0 Å². The Labute approximate surface area is 93.2 Å². The van der Waals surface area contributed by atoms with Gasteiger partial charge in [0.1, 0.15) is 6.61 Å². The first-order valence-corrected chi connectivity index (χ1v) is 4.98. The number of phenols is 1. The summed E-state index contributed by atoms with van der Waals surface area (Å²) >= 11 is 6.53. The summed E-state index contributed by atoms with van der Waals surface area (Å²) in [5.74, 6) is 2.75. The third kappa shape index (κ3) is 2.64. The van der Waals surface area contributed by atoms with Crippen LogP contribution in [0.25, 0.3) is 0 Å². The van der Waals surface area contributed by atoms with Crippen LogP contribution in [-0.4, -0.2) is 11.7 Å². The number of rotatable bonds is 2. The number of benzene rings is 1. The van der Waals surface area contributed by atoms with Crippen molar-refractivity contribution in [2.75, 3.05) is 6.61 Å². The van der Waals surface area contributed by atoms with Crippen molar-refractivity contribution < 1.29 is 9.84 Å². The number of hydrogen-bond donors (Lipinski definition) is 1. The first kappa shape index (κ1) is 10.4. The van der Waals surface area contributed by atoms with Crippen LogP contribution in [0.3, 0.4) is 0 Å². The summed E-state index contributed by atoms with van der Waals surface area (Å²) in [6, 6.07) is 3.19. The predicted octanol–water partition coefficient (Wildman–Crippen LogP) is 2.93. The van der Waals surface area contributed by atoms with Crippen molar-refractivity contribution in [1.82, 2.24) is 0 Å². The van der Waals surface area contributed by atoms with Gasteiger partial charge in [-0.2, -0.15) is 0 Å². The van der Waals surface area contributed by atoms with Crippen LogP contribution in [0.4, 0.5) is 0 Å². The molecular formula is C9H6Br2O2. The maximum Gasteiger partial charge on any atom is 0.163 e. The zero-order valence-corrected chi connectivity index (χ0v) is 9.72. The molecule has 0 heterocycles. The molecule has 0 fully saturated rings. The van der Waals surface area contributed by atoms with Gasteiger partial charge in [-0.3, -0.25) is 0 Å². The number of aromatic hydroxyl groups is 1. The Balaban J connectivity index is 2.96. The minimum absolute atomic E-state index is 0.0605. The Morgan fingerprint density at radius 3 is 2.62 bits per heavy atom. The topological polar surface area (TPSA) is 29.5 Å². The lowest BCUT2D eigenvalue weighted by atomic mass is 10.3. The number of ether oxygens (including phenoxy) is 1. The molecule has 0 radical (unpaired) electrons. The van der Waals surface area contributed by atoms with Gasteiger partial charge in [0.15, 0.2) is 11.5 Å². The highest BCUT2D eigenvalue weighted by Crippen LogP contribution is 2.35. The fourth-order valence-electron chi connectivity index (χ4n) is 0.753. The molecule has 0 atom stereocenters. The Hall–Kier alpha value is -0.660. The average Bonchev–Trinajstić information content (AvgIpc) is 2.09. The largest absolute Gasteiger partial charge is 0.504 e. The van der Waals surface area contributed by atoms with Gasteiger partial charge in [-0.15, -0.1) is 6.42 Å². The first-order valence-electron chi connectivity index (χ1n) is 3.39. The smallest absolute Gasteiger partial charge is 0.163 e. The molecule has 1 aromatic rings. The molecule has 0 aliphatic heterocycles. The van der Waals surface area contributed by atoms with Crippen molar-refractivity contribution in [2.24, 2.45) is 0 Å². The summed E-state index contributed by atoms with van der Waals surface area (Å²) in [5.41, 5.74) is 0. The van der Waals surface area contributed by atoms with E-state index in [2.05, 4.69) is 37.8 Å². The number of terminal acetylenes is 1. The summed E-state index contributed by atoms with van der Waals surface area (Å²) in [5, 5.41) is 9.40. The van der Waals surface area contributed by atoms with Gasteiger partial charge in [0.05, 0.1) is 0 Å².